The maximum absolute atomic E-state index is 11.3. The molecule has 3 rings (SSSR count). The van der Waals surface area contributed by atoms with Gasteiger partial charge in [0.05, 0.1) is 18.9 Å². The summed E-state index contributed by atoms with van der Waals surface area (Å²) < 4.78 is 3.75. The average molecular weight is 302 g/mol. The minimum absolute atomic E-state index is 0.0465. The van der Waals surface area contributed by atoms with Crippen LogP contribution >= 0.6 is 0 Å². The first kappa shape index (κ1) is 14.7. The molecule has 22 heavy (non-hydrogen) atoms. The summed E-state index contributed by atoms with van der Waals surface area (Å²) in [4.78, 5) is 11.3. The van der Waals surface area contributed by atoms with E-state index < -0.39 is 0 Å². The number of carbonyl (C=O) groups is 1. The lowest BCUT2D eigenvalue weighted by atomic mass is 10.0. The van der Waals surface area contributed by atoms with Gasteiger partial charge in [-0.25, -0.2) is 0 Å². The Bertz CT molecular complexity index is 646. The fraction of sp³-hybridized carbons (Fsp3) is 0.600. The van der Waals surface area contributed by atoms with E-state index >= 15 is 0 Å². The Labute approximate surface area is 129 Å². The highest BCUT2D eigenvalue weighted by Crippen LogP contribution is 2.27. The Hall–Kier alpha value is -2.18. The largest absolute Gasteiger partial charge is 0.353 e. The second-order valence-corrected chi connectivity index (χ2v) is 6.15. The number of amides is 1. The maximum Gasteiger partial charge on any atom is 0.217 e. The van der Waals surface area contributed by atoms with Gasteiger partial charge in [0.25, 0.3) is 0 Å². The van der Waals surface area contributed by atoms with Crippen LogP contribution in [0.5, 0.6) is 0 Å². The molecule has 0 radical (unpaired) electrons. The molecule has 2 heterocycles. The molecule has 1 N–H and O–H groups in total. The zero-order valence-electron chi connectivity index (χ0n) is 13.1. The lowest BCUT2D eigenvalue weighted by Crippen LogP contribution is -2.37. The fourth-order valence-electron chi connectivity index (χ4n) is 3.17. The summed E-state index contributed by atoms with van der Waals surface area (Å²) in [6, 6.07) is 0.263. The van der Waals surface area contributed by atoms with Crippen LogP contribution in [0.2, 0.25) is 0 Å². The van der Waals surface area contributed by atoms with Crippen LogP contribution in [0.4, 0.5) is 0 Å². The van der Waals surface area contributed by atoms with Crippen molar-refractivity contribution in [3.05, 3.63) is 29.8 Å². The number of nitrogens with one attached hydrogen (secondary N) is 1. The summed E-state index contributed by atoms with van der Waals surface area (Å²) in [5.41, 5.74) is 2.04. The lowest BCUT2D eigenvalue weighted by Gasteiger charge is -2.19. The smallest absolute Gasteiger partial charge is 0.217 e. The number of hydrogen-bond acceptors (Lipinski definition) is 4. The zero-order valence-corrected chi connectivity index (χ0v) is 13.1. The van der Waals surface area contributed by atoms with Crippen LogP contribution in [0.1, 0.15) is 37.4 Å². The summed E-state index contributed by atoms with van der Waals surface area (Å²) >= 11 is 0. The molecule has 0 aliphatic heterocycles. The molecule has 0 aromatic carbocycles. The van der Waals surface area contributed by atoms with Gasteiger partial charge in [-0.15, -0.1) is 5.10 Å². The Kier molecular flexibility index (Phi) is 4.22. The summed E-state index contributed by atoms with van der Waals surface area (Å²) in [6.45, 7) is 5.03. The van der Waals surface area contributed by atoms with Crippen LogP contribution in [0.3, 0.4) is 0 Å². The van der Waals surface area contributed by atoms with Crippen molar-refractivity contribution in [2.75, 3.05) is 0 Å². The molecule has 118 valence electrons. The van der Waals surface area contributed by atoms with Crippen LogP contribution in [0.25, 0.3) is 0 Å². The molecule has 7 heteroatoms. The molecule has 1 fully saturated rings. The fourth-order valence-corrected chi connectivity index (χ4v) is 3.17. The molecule has 1 aliphatic carbocycles. The van der Waals surface area contributed by atoms with Crippen molar-refractivity contribution in [3.63, 3.8) is 0 Å². The number of aromatic nitrogens is 5. The Morgan fingerprint density at radius 3 is 2.95 bits per heavy atom. The molecule has 1 saturated carbocycles. The standard InChI is InChI=1S/C15H22N6O/c1-11-6-16-20(7-11)9-14-10-21(19-18-14)8-13-4-3-5-15(13)17-12(2)22/h6-7,10,13,15H,3-5,8-9H2,1-2H3,(H,17,22)/t13-,15-/m1/s1. The predicted octanol–water partition coefficient (Wildman–Crippen LogP) is 1.14. The summed E-state index contributed by atoms with van der Waals surface area (Å²) in [5, 5.41) is 15.7. The van der Waals surface area contributed by atoms with E-state index in [2.05, 4.69) is 20.7 Å². The second-order valence-electron chi connectivity index (χ2n) is 6.15. The van der Waals surface area contributed by atoms with Crippen molar-refractivity contribution < 1.29 is 4.79 Å². The Morgan fingerprint density at radius 2 is 2.23 bits per heavy atom. The van der Waals surface area contributed by atoms with E-state index in [1.54, 1.807) is 6.92 Å². The predicted molar refractivity (Wildman–Crippen MR) is 81.0 cm³/mol. The molecule has 0 bridgehead atoms. The third-order valence-electron chi connectivity index (χ3n) is 4.14. The van der Waals surface area contributed by atoms with Crippen molar-refractivity contribution in [1.82, 2.24) is 30.1 Å². The van der Waals surface area contributed by atoms with E-state index in [0.29, 0.717) is 12.5 Å². The van der Waals surface area contributed by atoms with E-state index in [9.17, 15) is 4.79 Å². The first-order valence-electron chi connectivity index (χ1n) is 7.75. The highest BCUT2D eigenvalue weighted by molar-refractivity contribution is 5.73. The molecular weight excluding hydrogens is 280 g/mol. The van der Waals surface area contributed by atoms with E-state index in [1.807, 2.05) is 34.9 Å². The van der Waals surface area contributed by atoms with Crippen molar-refractivity contribution in [1.29, 1.82) is 0 Å². The molecule has 2 aromatic heterocycles. The van der Waals surface area contributed by atoms with Gasteiger partial charge < -0.3 is 5.32 Å². The van der Waals surface area contributed by atoms with Gasteiger partial charge in [-0.3, -0.25) is 14.2 Å². The van der Waals surface area contributed by atoms with E-state index in [-0.39, 0.29) is 11.9 Å². The average Bonchev–Trinajstić information content (AvgIpc) is 3.15. The summed E-state index contributed by atoms with van der Waals surface area (Å²) in [6.07, 6.45) is 9.13. The van der Waals surface area contributed by atoms with Gasteiger partial charge in [0.1, 0.15) is 5.69 Å². The normalized spacial score (nSPS) is 21.2. The lowest BCUT2D eigenvalue weighted by molar-refractivity contribution is -0.119. The van der Waals surface area contributed by atoms with Gasteiger partial charge in [0, 0.05) is 25.7 Å². The first-order chi connectivity index (χ1) is 10.6. The molecule has 0 spiro atoms. The zero-order chi connectivity index (χ0) is 15.5. The van der Waals surface area contributed by atoms with Crippen LogP contribution in [0.15, 0.2) is 18.6 Å². The van der Waals surface area contributed by atoms with Crippen LogP contribution in [-0.2, 0) is 17.9 Å². The first-order valence-corrected chi connectivity index (χ1v) is 7.75. The number of nitrogens with zero attached hydrogens (tertiary/aromatic N) is 5. The van der Waals surface area contributed by atoms with Crippen molar-refractivity contribution in [2.45, 2.75) is 52.2 Å². The number of aryl methyl sites for hydroxylation is 1. The van der Waals surface area contributed by atoms with Gasteiger partial charge in [0.2, 0.25) is 5.91 Å². The minimum atomic E-state index is 0.0465. The highest BCUT2D eigenvalue weighted by Gasteiger charge is 2.28. The van der Waals surface area contributed by atoms with E-state index in [0.717, 1.165) is 37.1 Å². The quantitative estimate of drug-likeness (QED) is 0.898. The number of rotatable bonds is 5. The summed E-state index contributed by atoms with van der Waals surface area (Å²) in [5.74, 6) is 0.482. The molecule has 2 atom stereocenters. The van der Waals surface area contributed by atoms with E-state index in [4.69, 9.17) is 0 Å². The Morgan fingerprint density at radius 1 is 1.36 bits per heavy atom. The minimum Gasteiger partial charge on any atom is -0.353 e. The topological polar surface area (TPSA) is 77.6 Å². The van der Waals surface area contributed by atoms with E-state index in [1.165, 1.54) is 0 Å². The van der Waals surface area contributed by atoms with Crippen LogP contribution in [0, 0.1) is 12.8 Å². The van der Waals surface area contributed by atoms with Crippen LogP contribution in [-0.4, -0.2) is 36.7 Å². The molecule has 1 aliphatic rings. The SMILES string of the molecule is CC(=O)N[C@@H]1CCC[C@@H]1Cn1cc(Cn2cc(C)cn2)nn1. The molecule has 0 unspecified atom stereocenters. The second kappa shape index (κ2) is 6.29. The number of hydrogen-bond donors (Lipinski definition) is 1. The molecule has 2 aromatic rings. The van der Waals surface area contributed by atoms with Gasteiger partial charge in [-0.05, 0) is 31.2 Å². The van der Waals surface area contributed by atoms with Gasteiger partial charge in [-0.2, -0.15) is 5.10 Å². The molecule has 0 saturated heterocycles. The number of carbonyl (C=O) groups excluding carboxylic acids is 1. The van der Waals surface area contributed by atoms with Crippen molar-refractivity contribution in [3.8, 4) is 0 Å². The van der Waals surface area contributed by atoms with Crippen molar-refractivity contribution in [2.24, 2.45) is 5.92 Å². The third-order valence-corrected chi connectivity index (χ3v) is 4.14. The van der Waals surface area contributed by atoms with Crippen molar-refractivity contribution >= 4 is 5.91 Å². The Balaban J connectivity index is 1.60. The monoisotopic (exact) mass is 302 g/mol. The maximum atomic E-state index is 11.3. The highest BCUT2D eigenvalue weighted by atomic mass is 16.1. The van der Waals surface area contributed by atoms with Gasteiger partial charge in [-0.1, -0.05) is 11.6 Å². The summed E-state index contributed by atoms with van der Waals surface area (Å²) in [7, 11) is 0. The van der Waals surface area contributed by atoms with Crippen LogP contribution < -0.4 is 5.32 Å². The third kappa shape index (κ3) is 3.52. The van der Waals surface area contributed by atoms with Gasteiger partial charge >= 0.3 is 0 Å². The molecule has 1 amide bonds. The molecule has 7 nitrogen and oxygen atoms in total. The van der Waals surface area contributed by atoms with Gasteiger partial charge in [0.15, 0.2) is 0 Å². The molecular formula is C15H22N6O.